The van der Waals surface area contributed by atoms with E-state index in [1.165, 1.54) is 0 Å². The molecule has 0 saturated carbocycles. The Hall–Kier alpha value is -1.46. The number of carbonyl (C=O) groups excluding carboxylic acids is 1. The molecule has 1 aromatic rings. The SMILES string of the molecule is COCCOc1cc(NC(=O)OC(C)(C)C)cc(Cl)c1C. The van der Waals surface area contributed by atoms with Crippen molar-refractivity contribution in [3.05, 3.63) is 22.7 Å². The van der Waals surface area contributed by atoms with Gasteiger partial charge in [0.15, 0.2) is 0 Å². The van der Waals surface area contributed by atoms with Gasteiger partial charge in [-0.15, -0.1) is 0 Å². The van der Waals surface area contributed by atoms with Gasteiger partial charge in [-0.2, -0.15) is 0 Å². The minimum Gasteiger partial charge on any atom is -0.491 e. The van der Waals surface area contributed by atoms with E-state index in [4.69, 9.17) is 25.8 Å². The predicted molar refractivity (Wildman–Crippen MR) is 83.4 cm³/mol. The van der Waals surface area contributed by atoms with E-state index < -0.39 is 11.7 Å². The molecule has 1 aromatic carbocycles. The average molecular weight is 316 g/mol. The lowest BCUT2D eigenvalue weighted by molar-refractivity contribution is 0.0636. The van der Waals surface area contributed by atoms with Crippen LogP contribution < -0.4 is 10.1 Å². The lowest BCUT2D eigenvalue weighted by atomic mass is 10.2. The summed E-state index contributed by atoms with van der Waals surface area (Å²) in [6, 6.07) is 3.37. The van der Waals surface area contributed by atoms with Crippen molar-refractivity contribution in [3.63, 3.8) is 0 Å². The summed E-state index contributed by atoms with van der Waals surface area (Å²) in [5.74, 6) is 0.602. The van der Waals surface area contributed by atoms with Crippen LogP contribution in [0.5, 0.6) is 5.75 Å². The van der Waals surface area contributed by atoms with Crippen molar-refractivity contribution < 1.29 is 19.0 Å². The van der Waals surface area contributed by atoms with Crippen LogP contribution in [0.1, 0.15) is 26.3 Å². The van der Waals surface area contributed by atoms with Gasteiger partial charge in [-0.05, 0) is 33.8 Å². The fraction of sp³-hybridized carbons (Fsp3) is 0.533. The van der Waals surface area contributed by atoms with E-state index >= 15 is 0 Å². The molecule has 0 bridgehead atoms. The number of hydrogen-bond acceptors (Lipinski definition) is 4. The van der Waals surface area contributed by atoms with Gasteiger partial charge in [-0.25, -0.2) is 4.79 Å². The van der Waals surface area contributed by atoms with Crippen LogP contribution >= 0.6 is 11.6 Å². The molecule has 0 aliphatic carbocycles. The van der Waals surface area contributed by atoms with Crippen molar-refractivity contribution in [3.8, 4) is 5.75 Å². The molecule has 21 heavy (non-hydrogen) atoms. The number of ether oxygens (including phenoxy) is 3. The van der Waals surface area contributed by atoms with Gasteiger partial charge in [0.05, 0.1) is 6.61 Å². The summed E-state index contributed by atoms with van der Waals surface area (Å²) in [6.45, 7) is 8.13. The Kier molecular flexibility index (Phi) is 6.30. The molecule has 0 aliphatic heterocycles. The summed E-state index contributed by atoms with van der Waals surface area (Å²) in [5.41, 5.74) is 0.769. The van der Waals surface area contributed by atoms with E-state index in [2.05, 4.69) is 5.32 Å². The largest absolute Gasteiger partial charge is 0.491 e. The predicted octanol–water partition coefficient (Wildman–Crippen LogP) is 4.02. The molecule has 118 valence electrons. The first kappa shape index (κ1) is 17.6. The Balaban J connectivity index is 2.81. The Morgan fingerprint density at radius 2 is 1.95 bits per heavy atom. The highest BCUT2D eigenvalue weighted by Gasteiger charge is 2.17. The van der Waals surface area contributed by atoms with Gasteiger partial charge in [0.1, 0.15) is 18.0 Å². The Morgan fingerprint density at radius 1 is 1.29 bits per heavy atom. The van der Waals surface area contributed by atoms with Crippen molar-refractivity contribution in [1.29, 1.82) is 0 Å². The highest BCUT2D eigenvalue weighted by Crippen LogP contribution is 2.30. The summed E-state index contributed by atoms with van der Waals surface area (Å²) in [7, 11) is 1.60. The number of rotatable bonds is 5. The van der Waals surface area contributed by atoms with Crippen LogP contribution in [0.15, 0.2) is 12.1 Å². The first-order valence-corrected chi connectivity index (χ1v) is 7.02. The molecule has 0 fully saturated rings. The molecule has 6 heteroatoms. The van der Waals surface area contributed by atoms with Gasteiger partial charge in [0.2, 0.25) is 0 Å². The van der Waals surface area contributed by atoms with Crippen LogP contribution in [0.2, 0.25) is 5.02 Å². The second-order valence-electron chi connectivity index (χ2n) is 5.55. The molecule has 0 radical (unpaired) electrons. The third-order valence-electron chi connectivity index (χ3n) is 2.49. The second kappa shape index (κ2) is 7.52. The molecule has 0 aromatic heterocycles. The summed E-state index contributed by atoms with van der Waals surface area (Å²) in [4.78, 5) is 11.8. The van der Waals surface area contributed by atoms with Crippen LogP contribution in [0.3, 0.4) is 0 Å². The summed E-state index contributed by atoms with van der Waals surface area (Å²) in [6.07, 6.45) is -0.537. The minimum atomic E-state index is -0.559. The molecule has 0 spiro atoms. The topological polar surface area (TPSA) is 56.8 Å². The van der Waals surface area contributed by atoms with Gasteiger partial charge < -0.3 is 14.2 Å². The van der Waals surface area contributed by atoms with Crippen LogP contribution in [0.25, 0.3) is 0 Å². The van der Waals surface area contributed by atoms with Crippen molar-refractivity contribution in [1.82, 2.24) is 0 Å². The lowest BCUT2D eigenvalue weighted by Gasteiger charge is -2.20. The first-order chi connectivity index (χ1) is 9.73. The number of nitrogens with one attached hydrogen (secondary N) is 1. The lowest BCUT2D eigenvalue weighted by Crippen LogP contribution is -2.27. The Morgan fingerprint density at radius 3 is 2.52 bits per heavy atom. The third kappa shape index (κ3) is 6.23. The van der Waals surface area contributed by atoms with Crippen LogP contribution in [0, 0.1) is 6.92 Å². The van der Waals surface area contributed by atoms with Crippen molar-refractivity contribution in [2.45, 2.75) is 33.3 Å². The number of hydrogen-bond donors (Lipinski definition) is 1. The highest BCUT2D eigenvalue weighted by atomic mass is 35.5. The van der Waals surface area contributed by atoms with Crippen molar-refractivity contribution in [2.75, 3.05) is 25.6 Å². The van der Waals surface area contributed by atoms with Gasteiger partial charge in [0, 0.05) is 29.4 Å². The molecule has 5 nitrogen and oxygen atoms in total. The smallest absolute Gasteiger partial charge is 0.412 e. The minimum absolute atomic E-state index is 0.406. The van der Waals surface area contributed by atoms with Crippen LogP contribution in [0.4, 0.5) is 10.5 Å². The van der Waals surface area contributed by atoms with E-state index in [9.17, 15) is 4.79 Å². The van der Waals surface area contributed by atoms with E-state index in [-0.39, 0.29) is 0 Å². The zero-order chi connectivity index (χ0) is 16.0. The third-order valence-corrected chi connectivity index (χ3v) is 2.88. The summed E-state index contributed by atoms with van der Waals surface area (Å²) >= 11 is 6.14. The maximum Gasteiger partial charge on any atom is 0.412 e. The van der Waals surface area contributed by atoms with Gasteiger partial charge >= 0.3 is 6.09 Å². The number of benzene rings is 1. The zero-order valence-corrected chi connectivity index (χ0v) is 13.8. The van der Waals surface area contributed by atoms with Gasteiger partial charge in [0.25, 0.3) is 0 Å². The van der Waals surface area contributed by atoms with Gasteiger partial charge in [-0.3, -0.25) is 5.32 Å². The molecular formula is C15H22ClNO4. The highest BCUT2D eigenvalue weighted by molar-refractivity contribution is 6.31. The summed E-state index contributed by atoms with van der Waals surface area (Å²) in [5, 5.41) is 3.15. The molecule has 1 amide bonds. The number of amides is 1. The second-order valence-corrected chi connectivity index (χ2v) is 5.96. The molecule has 0 aliphatic rings. The average Bonchev–Trinajstić information content (AvgIpc) is 2.32. The maximum absolute atomic E-state index is 11.8. The fourth-order valence-corrected chi connectivity index (χ4v) is 1.74. The van der Waals surface area contributed by atoms with E-state index in [1.807, 2.05) is 6.92 Å². The van der Waals surface area contributed by atoms with E-state index in [0.717, 1.165) is 5.56 Å². The number of carbonyl (C=O) groups is 1. The molecular weight excluding hydrogens is 294 g/mol. The van der Waals surface area contributed by atoms with Crippen LogP contribution in [-0.2, 0) is 9.47 Å². The fourth-order valence-electron chi connectivity index (χ4n) is 1.53. The Labute approximate surface area is 130 Å². The van der Waals surface area contributed by atoms with E-state index in [1.54, 1.807) is 40.0 Å². The number of halogens is 1. The summed E-state index contributed by atoms with van der Waals surface area (Å²) < 4.78 is 15.7. The number of methoxy groups -OCH3 is 1. The standard InChI is InChI=1S/C15H22ClNO4/c1-10-12(16)8-11(9-13(10)20-7-6-19-5)17-14(18)21-15(2,3)4/h8-9H,6-7H2,1-5H3,(H,17,18). The molecule has 0 atom stereocenters. The first-order valence-electron chi connectivity index (χ1n) is 6.65. The molecule has 0 saturated heterocycles. The molecule has 1 N–H and O–H groups in total. The quantitative estimate of drug-likeness (QED) is 0.834. The molecule has 0 heterocycles. The van der Waals surface area contributed by atoms with Gasteiger partial charge in [-0.1, -0.05) is 11.6 Å². The van der Waals surface area contributed by atoms with Crippen molar-refractivity contribution in [2.24, 2.45) is 0 Å². The van der Waals surface area contributed by atoms with Crippen LogP contribution in [-0.4, -0.2) is 32.0 Å². The molecule has 0 unspecified atom stereocenters. The van der Waals surface area contributed by atoms with E-state index in [0.29, 0.717) is 29.7 Å². The number of anilines is 1. The zero-order valence-electron chi connectivity index (χ0n) is 13.1. The monoisotopic (exact) mass is 315 g/mol. The van der Waals surface area contributed by atoms with Crippen molar-refractivity contribution >= 4 is 23.4 Å². The molecule has 1 rings (SSSR count). The maximum atomic E-state index is 11.8. The normalized spacial score (nSPS) is 11.1. The Bertz CT molecular complexity index is 497.